The third-order valence-corrected chi connectivity index (χ3v) is 2.62. The number of β-amino-alcohol motifs (C(OH)–C–C–N with tert-alkyl or cyclic N) is 1. The molecule has 1 aliphatic rings. The van der Waals surface area contributed by atoms with E-state index in [0.29, 0.717) is 11.7 Å². The number of pyridine rings is 1. The Morgan fingerprint density at radius 2 is 2.38 bits per heavy atom. The minimum Gasteiger partial charge on any atom is -0.395 e. The largest absolute Gasteiger partial charge is 0.395 e. The van der Waals surface area contributed by atoms with Gasteiger partial charge in [-0.15, -0.1) is 0 Å². The first-order valence-corrected chi connectivity index (χ1v) is 4.64. The van der Waals surface area contributed by atoms with Gasteiger partial charge in [0, 0.05) is 31.4 Å². The average molecular weight is 199 g/mol. The maximum absolute atomic E-state index is 8.78. The van der Waals surface area contributed by atoms with Gasteiger partial charge in [-0.25, -0.2) is 4.98 Å². The van der Waals surface area contributed by atoms with Gasteiger partial charge in [-0.2, -0.15) is 0 Å². The zero-order valence-electron chi connectivity index (χ0n) is 7.20. The van der Waals surface area contributed by atoms with Crippen LogP contribution in [0.2, 0.25) is 5.15 Å². The summed E-state index contributed by atoms with van der Waals surface area (Å²) in [7, 11) is 0. The van der Waals surface area contributed by atoms with Gasteiger partial charge in [0.1, 0.15) is 5.15 Å². The second-order valence-electron chi connectivity index (χ2n) is 3.17. The molecule has 70 valence electrons. The predicted octanol–water partition coefficient (Wildman–Crippen LogP) is 1.04. The molecule has 1 aromatic rings. The van der Waals surface area contributed by atoms with Crippen LogP contribution in [-0.4, -0.2) is 28.1 Å². The lowest BCUT2D eigenvalue weighted by Crippen LogP contribution is -2.20. The lowest BCUT2D eigenvalue weighted by atomic mass is 10.2. The van der Waals surface area contributed by atoms with Crippen molar-refractivity contribution >= 4 is 11.6 Å². The van der Waals surface area contributed by atoms with Crippen LogP contribution < -0.4 is 0 Å². The second kappa shape index (κ2) is 3.62. The van der Waals surface area contributed by atoms with Crippen LogP contribution in [0.15, 0.2) is 12.3 Å². The zero-order chi connectivity index (χ0) is 9.26. The third kappa shape index (κ3) is 1.68. The Bertz CT molecular complexity index is 316. The second-order valence-corrected chi connectivity index (χ2v) is 3.53. The van der Waals surface area contributed by atoms with Crippen molar-refractivity contribution in [1.29, 1.82) is 0 Å². The molecule has 0 saturated heterocycles. The quantitative estimate of drug-likeness (QED) is 0.722. The van der Waals surface area contributed by atoms with Crippen LogP contribution in [0, 0.1) is 0 Å². The Morgan fingerprint density at radius 3 is 3.08 bits per heavy atom. The number of aromatic nitrogens is 1. The van der Waals surface area contributed by atoms with Crippen molar-refractivity contribution in [2.24, 2.45) is 0 Å². The van der Waals surface area contributed by atoms with Gasteiger partial charge in [-0.05, 0) is 11.6 Å². The lowest BCUT2D eigenvalue weighted by Gasteiger charge is -2.11. The molecule has 0 aliphatic carbocycles. The summed E-state index contributed by atoms with van der Waals surface area (Å²) in [6.45, 7) is 2.57. The molecule has 0 radical (unpaired) electrons. The van der Waals surface area contributed by atoms with E-state index in [1.807, 2.05) is 6.07 Å². The van der Waals surface area contributed by atoms with Crippen LogP contribution >= 0.6 is 11.6 Å². The Labute approximate surface area is 82.0 Å². The summed E-state index contributed by atoms with van der Waals surface area (Å²) in [6.07, 6.45) is 1.73. The summed E-state index contributed by atoms with van der Waals surface area (Å²) in [6, 6.07) is 1.98. The van der Waals surface area contributed by atoms with Gasteiger partial charge >= 0.3 is 0 Å². The minimum atomic E-state index is 0.193. The molecule has 0 atom stereocenters. The molecule has 1 aromatic heterocycles. The SMILES string of the molecule is OCCN1Cc2ccnc(Cl)c2C1. The molecule has 0 unspecified atom stereocenters. The number of fused-ring (bicyclic) bond motifs is 1. The first-order valence-electron chi connectivity index (χ1n) is 4.26. The fourth-order valence-electron chi connectivity index (χ4n) is 1.64. The zero-order valence-corrected chi connectivity index (χ0v) is 7.96. The molecule has 0 spiro atoms. The third-order valence-electron chi connectivity index (χ3n) is 2.29. The Hall–Kier alpha value is -0.640. The molecule has 0 fully saturated rings. The van der Waals surface area contributed by atoms with Gasteiger partial charge < -0.3 is 5.11 Å². The van der Waals surface area contributed by atoms with E-state index in [1.54, 1.807) is 6.20 Å². The van der Waals surface area contributed by atoms with E-state index in [2.05, 4.69) is 9.88 Å². The highest BCUT2D eigenvalue weighted by Crippen LogP contribution is 2.26. The summed E-state index contributed by atoms with van der Waals surface area (Å²) < 4.78 is 0. The Morgan fingerprint density at radius 1 is 1.54 bits per heavy atom. The van der Waals surface area contributed by atoms with E-state index in [9.17, 15) is 0 Å². The van der Waals surface area contributed by atoms with E-state index < -0.39 is 0 Å². The number of halogens is 1. The van der Waals surface area contributed by atoms with E-state index in [4.69, 9.17) is 16.7 Å². The molecule has 3 nitrogen and oxygen atoms in total. The highest BCUT2D eigenvalue weighted by molar-refractivity contribution is 6.30. The van der Waals surface area contributed by atoms with Gasteiger partial charge in [0.05, 0.1) is 6.61 Å². The fourth-order valence-corrected chi connectivity index (χ4v) is 1.88. The van der Waals surface area contributed by atoms with Crippen molar-refractivity contribution in [3.63, 3.8) is 0 Å². The number of rotatable bonds is 2. The number of hydrogen-bond acceptors (Lipinski definition) is 3. The van der Waals surface area contributed by atoms with Crippen molar-refractivity contribution < 1.29 is 5.11 Å². The fraction of sp³-hybridized carbons (Fsp3) is 0.444. The molecule has 0 amide bonds. The highest BCUT2D eigenvalue weighted by atomic mass is 35.5. The number of aliphatic hydroxyl groups excluding tert-OH is 1. The van der Waals surface area contributed by atoms with E-state index in [-0.39, 0.29) is 6.61 Å². The smallest absolute Gasteiger partial charge is 0.133 e. The van der Waals surface area contributed by atoms with Gasteiger partial charge in [0.25, 0.3) is 0 Å². The molecule has 1 aliphatic heterocycles. The van der Waals surface area contributed by atoms with Crippen molar-refractivity contribution in [1.82, 2.24) is 9.88 Å². The summed E-state index contributed by atoms with van der Waals surface area (Å²) in [4.78, 5) is 6.17. The number of aliphatic hydroxyl groups is 1. The standard InChI is InChI=1S/C9H11ClN2O/c10-9-8-6-12(3-4-13)5-7(8)1-2-11-9/h1-2,13H,3-6H2. The molecule has 1 N–H and O–H groups in total. The molecule has 0 aromatic carbocycles. The molecular formula is C9H11ClN2O. The van der Waals surface area contributed by atoms with E-state index >= 15 is 0 Å². The molecule has 2 rings (SSSR count). The summed E-state index contributed by atoms with van der Waals surface area (Å²) in [5.41, 5.74) is 2.34. The van der Waals surface area contributed by atoms with Gasteiger partial charge in [-0.1, -0.05) is 11.6 Å². The molecule has 0 bridgehead atoms. The van der Waals surface area contributed by atoms with Gasteiger partial charge in [0.15, 0.2) is 0 Å². The van der Waals surface area contributed by atoms with Crippen LogP contribution in [-0.2, 0) is 13.1 Å². The predicted molar refractivity (Wildman–Crippen MR) is 50.4 cm³/mol. The topological polar surface area (TPSA) is 36.4 Å². The molecule has 2 heterocycles. The normalized spacial score (nSPS) is 16.2. The first kappa shape index (κ1) is 8.94. The van der Waals surface area contributed by atoms with Crippen LogP contribution in [0.4, 0.5) is 0 Å². The highest BCUT2D eigenvalue weighted by Gasteiger charge is 2.20. The van der Waals surface area contributed by atoms with Gasteiger partial charge in [0.2, 0.25) is 0 Å². The molecule has 0 saturated carbocycles. The number of nitrogens with zero attached hydrogens (tertiary/aromatic N) is 2. The summed E-state index contributed by atoms with van der Waals surface area (Å²) in [5, 5.41) is 9.38. The first-order chi connectivity index (χ1) is 6.31. The summed E-state index contributed by atoms with van der Waals surface area (Å²) in [5.74, 6) is 0. The van der Waals surface area contributed by atoms with Crippen molar-refractivity contribution in [3.8, 4) is 0 Å². The van der Waals surface area contributed by atoms with Crippen LogP contribution in [0.3, 0.4) is 0 Å². The van der Waals surface area contributed by atoms with Crippen LogP contribution in [0.5, 0.6) is 0 Å². The number of hydrogen-bond donors (Lipinski definition) is 1. The Balaban J connectivity index is 2.20. The molecule has 4 heteroatoms. The monoisotopic (exact) mass is 198 g/mol. The van der Waals surface area contributed by atoms with Crippen molar-refractivity contribution in [3.05, 3.63) is 28.5 Å². The van der Waals surface area contributed by atoms with Crippen LogP contribution in [0.25, 0.3) is 0 Å². The van der Waals surface area contributed by atoms with E-state index in [0.717, 1.165) is 18.7 Å². The Kier molecular flexibility index (Phi) is 2.49. The summed E-state index contributed by atoms with van der Waals surface area (Å²) >= 11 is 5.93. The average Bonchev–Trinajstić information content (AvgIpc) is 2.49. The van der Waals surface area contributed by atoms with Gasteiger partial charge in [-0.3, -0.25) is 4.90 Å². The lowest BCUT2D eigenvalue weighted by molar-refractivity contribution is 0.198. The minimum absolute atomic E-state index is 0.193. The maximum atomic E-state index is 8.78. The van der Waals surface area contributed by atoms with Crippen molar-refractivity contribution in [2.45, 2.75) is 13.1 Å². The van der Waals surface area contributed by atoms with Crippen molar-refractivity contribution in [2.75, 3.05) is 13.2 Å². The molecule has 13 heavy (non-hydrogen) atoms. The molecular weight excluding hydrogens is 188 g/mol. The maximum Gasteiger partial charge on any atom is 0.133 e. The van der Waals surface area contributed by atoms with Crippen LogP contribution in [0.1, 0.15) is 11.1 Å². The van der Waals surface area contributed by atoms with E-state index in [1.165, 1.54) is 5.56 Å².